The number of allylic oxidation sites excluding steroid dienone is 3. The van der Waals surface area contributed by atoms with Crippen molar-refractivity contribution in [2.24, 2.45) is 0 Å². The summed E-state index contributed by atoms with van der Waals surface area (Å²) in [7, 11) is 0. The predicted octanol–water partition coefficient (Wildman–Crippen LogP) is 2.67. The molecular weight excluding hydrogens is 146 g/mol. The molecule has 0 saturated carbocycles. The van der Waals surface area contributed by atoms with Gasteiger partial charge in [0, 0.05) is 6.54 Å². The van der Waals surface area contributed by atoms with Gasteiger partial charge >= 0.3 is 0 Å². The lowest BCUT2D eigenvalue weighted by molar-refractivity contribution is 0.781. The van der Waals surface area contributed by atoms with Gasteiger partial charge in [-0.3, -0.25) is 0 Å². The lowest BCUT2D eigenvalue weighted by Gasteiger charge is -2.05. The van der Waals surface area contributed by atoms with Crippen molar-refractivity contribution in [3.8, 4) is 0 Å². The lowest BCUT2D eigenvalue weighted by Crippen LogP contribution is -2.15. The SMILES string of the molecule is C=C(CNCC)/C(C)=C\C=C/C. The number of rotatable bonds is 5. The van der Waals surface area contributed by atoms with Crippen LogP contribution in [0.5, 0.6) is 0 Å². The molecule has 0 fully saturated rings. The highest BCUT2D eigenvalue weighted by atomic mass is 14.8. The van der Waals surface area contributed by atoms with Gasteiger partial charge in [0.2, 0.25) is 0 Å². The molecule has 0 aliphatic rings. The Balaban J connectivity index is 3.92. The Kier molecular flexibility index (Phi) is 6.39. The van der Waals surface area contributed by atoms with E-state index in [0.29, 0.717) is 0 Å². The summed E-state index contributed by atoms with van der Waals surface area (Å²) in [5, 5.41) is 3.24. The Morgan fingerprint density at radius 3 is 2.67 bits per heavy atom. The van der Waals surface area contributed by atoms with Crippen molar-refractivity contribution in [3.05, 3.63) is 36.0 Å². The summed E-state index contributed by atoms with van der Waals surface area (Å²) in [5.74, 6) is 0. The van der Waals surface area contributed by atoms with Gasteiger partial charge in [0.05, 0.1) is 0 Å². The Hall–Kier alpha value is -0.820. The first-order chi connectivity index (χ1) is 5.72. The highest BCUT2D eigenvalue weighted by Crippen LogP contribution is 2.04. The average Bonchev–Trinajstić information content (AvgIpc) is 2.10. The van der Waals surface area contributed by atoms with E-state index in [-0.39, 0.29) is 0 Å². The Bertz CT molecular complexity index is 187. The molecule has 0 amide bonds. The number of hydrogen-bond acceptors (Lipinski definition) is 1. The molecule has 0 unspecified atom stereocenters. The minimum atomic E-state index is 0.885. The highest BCUT2D eigenvalue weighted by Gasteiger charge is 1.93. The van der Waals surface area contributed by atoms with Crippen molar-refractivity contribution < 1.29 is 0 Å². The molecule has 68 valence electrons. The Morgan fingerprint density at radius 2 is 2.17 bits per heavy atom. The third-order valence-electron chi connectivity index (χ3n) is 1.68. The summed E-state index contributed by atoms with van der Waals surface area (Å²) in [6.45, 7) is 12.1. The van der Waals surface area contributed by atoms with Crippen LogP contribution in [0.4, 0.5) is 0 Å². The van der Waals surface area contributed by atoms with Crippen molar-refractivity contribution >= 4 is 0 Å². The molecule has 1 nitrogen and oxygen atoms in total. The van der Waals surface area contributed by atoms with Crippen LogP contribution in [-0.4, -0.2) is 13.1 Å². The van der Waals surface area contributed by atoms with E-state index in [9.17, 15) is 0 Å². The lowest BCUT2D eigenvalue weighted by atomic mass is 10.1. The molecular formula is C11H19N. The monoisotopic (exact) mass is 165 g/mol. The van der Waals surface area contributed by atoms with Crippen molar-refractivity contribution in [1.29, 1.82) is 0 Å². The van der Waals surface area contributed by atoms with Gasteiger partial charge in [0.1, 0.15) is 0 Å². The van der Waals surface area contributed by atoms with Gasteiger partial charge in [-0.2, -0.15) is 0 Å². The van der Waals surface area contributed by atoms with Crippen molar-refractivity contribution in [2.75, 3.05) is 13.1 Å². The van der Waals surface area contributed by atoms with Gasteiger partial charge in [-0.15, -0.1) is 0 Å². The van der Waals surface area contributed by atoms with E-state index < -0.39 is 0 Å². The molecule has 0 bridgehead atoms. The molecule has 1 heteroatoms. The van der Waals surface area contributed by atoms with Gasteiger partial charge in [-0.1, -0.05) is 31.7 Å². The molecule has 0 radical (unpaired) electrons. The second-order valence-corrected chi connectivity index (χ2v) is 2.76. The molecule has 0 aliphatic heterocycles. The quantitative estimate of drug-likeness (QED) is 0.618. The van der Waals surface area contributed by atoms with Gasteiger partial charge in [0.25, 0.3) is 0 Å². The first-order valence-corrected chi connectivity index (χ1v) is 4.40. The highest BCUT2D eigenvalue weighted by molar-refractivity contribution is 5.30. The summed E-state index contributed by atoms with van der Waals surface area (Å²) in [6, 6.07) is 0. The molecule has 0 saturated heterocycles. The second-order valence-electron chi connectivity index (χ2n) is 2.76. The minimum Gasteiger partial charge on any atom is -0.313 e. The fraction of sp³-hybridized carbons (Fsp3) is 0.455. The third kappa shape index (κ3) is 4.91. The summed E-state index contributed by atoms with van der Waals surface area (Å²) in [5.41, 5.74) is 2.41. The number of likely N-dealkylation sites (N-methyl/N-ethyl adjacent to an activating group) is 1. The first kappa shape index (κ1) is 11.2. The van der Waals surface area contributed by atoms with Crippen LogP contribution in [0.2, 0.25) is 0 Å². The van der Waals surface area contributed by atoms with Crippen LogP contribution in [0.3, 0.4) is 0 Å². The normalized spacial score (nSPS) is 12.4. The largest absolute Gasteiger partial charge is 0.313 e. The molecule has 0 aliphatic carbocycles. The molecule has 0 aromatic rings. The molecule has 0 spiro atoms. The number of hydrogen-bond donors (Lipinski definition) is 1. The van der Waals surface area contributed by atoms with Gasteiger partial charge < -0.3 is 5.32 Å². The number of nitrogens with one attached hydrogen (secondary N) is 1. The van der Waals surface area contributed by atoms with E-state index >= 15 is 0 Å². The van der Waals surface area contributed by atoms with E-state index in [1.807, 2.05) is 19.1 Å². The van der Waals surface area contributed by atoms with E-state index in [1.165, 1.54) is 5.57 Å². The maximum absolute atomic E-state index is 3.98. The van der Waals surface area contributed by atoms with E-state index in [4.69, 9.17) is 0 Å². The summed E-state index contributed by atoms with van der Waals surface area (Å²) < 4.78 is 0. The Labute approximate surface area is 75.9 Å². The minimum absolute atomic E-state index is 0.885. The van der Waals surface area contributed by atoms with Crippen LogP contribution in [0.1, 0.15) is 20.8 Å². The molecule has 0 rings (SSSR count). The molecule has 0 heterocycles. The van der Waals surface area contributed by atoms with Gasteiger partial charge in [0.15, 0.2) is 0 Å². The van der Waals surface area contributed by atoms with Crippen LogP contribution in [-0.2, 0) is 0 Å². The van der Waals surface area contributed by atoms with Crippen LogP contribution in [0, 0.1) is 0 Å². The zero-order chi connectivity index (χ0) is 9.40. The fourth-order valence-corrected chi connectivity index (χ4v) is 0.774. The predicted molar refractivity (Wildman–Crippen MR) is 56.3 cm³/mol. The maximum atomic E-state index is 3.98. The van der Waals surface area contributed by atoms with Crippen LogP contribution in [0.25, 0.3) is 0 Å². The van der Waals surface area contributed by atoms with E-state index in [1.54, 1.807) is 0 Å². The van der Waals surface area contributed by atoms with E-state index in [0.717, 1.165) is 18.7 Å². The molecule has 0 aromatic heterocycles. The van der Waals surface area contributed by atoms with Crippen LogP contribution in [0.15, 0.2) is 36.0 Å². The summed E-state index contributed by atoms with van der Waals surface area (Å²) in [4.78, 5) is 0. The maximum Gasteiger partial charge on any atom is 0.0202 e. The van der Waals surface area contributed by atoms with Crippen LogP contribution < -0.4 is 5.32 Å². The average molecular weight is 165 g/mol. The van der Waals surface area contributed by atoms with Crippen molar-refractivity contribution in [3.63, 3.8) is 0 Å². The van der Waals surface area contributed by atoms with Gasteiger partial charge in [-0.05, 0) is 31.5 Å². The van der Waals surface area contributed by atoms with E-state index in [2.05, 4.69) is 31.8 Å². The smallest absolute Gasteiger partial charge is 0.0202 e. The van der Waals surface area contributed by atoms with Crippen molar-refractivity contribution in [2.45, 2.75) is 20.8 Å². The fourth-order valence-electron chi connectivity index (χ4n) is 0.774. The summed E-state index contributed by atoms with van der Waals surface area (Å²) in [6.07, 6.45) is 6.14. The zero-order valence-corrected chi connectivity index (χ0v) is 8.35. The topological polar surface area (TPSA) is 12.0 Å². The van der Waals surface area contributed by atoms with Crippen LogP contribution >= 0.6 is 0 Å². The first-order valence-electron chi connectivity index (χ1n) is 4.40. The molecule has 12 heavy (non-hydrogen) atoms. The Morgan fingerprint density at radius 1 is 1.50 bits per heavy atom. The molecule has 0 aromatic carbocycles. The summed E-state index contributed by atoms with van der Waals surface area (Å²) >= 11 is 0. The zero-order valence-electron chi connectivity index (χ0n) is 8.35. The molecule has 1 N–H and O–H groups in total. The van der Waals surface area contributed by atoms with Crippen molar-refractivity contribution in [1.82, 2.24) is 5.32 Å². The third-order valence-corrected chi connectivity index (χ3v) is 1.68. The second kappa shape index (κ2) is 6.86. The standard InChI is InChI=1S/C11H19N/c1-5-7-8-10(3)11(4)9-12-6-2/h5,7-8,12H,4,6,9H2,1-3H3/b7-5-,10-8-. The molecule has 0 atom stereocenters. The van der Waals surface area contributed by atoms with Gasteiger partial charge in [-0.25, -0.2) is 0 Å².